The first-order valence-electron chi connectivity index (χ1n) is 7.81. The molecule has 30 heavy (non-hydrogen) atoms. The number of sulfone groups is 1. The first-order valence-corrected chi connectivity index (χ1v) is 10.3. The lowest BCUT2D eigenvalue weighted by Crippen LogP contribution is -2.05. The van der Waals surface area contributed by atoms with Crippen molar-refractivity contribution in [1.29, 1.82) is 0 Å². The van der Waals surface area contributed by atoms with Crippen molar-refractivity contribution in [1.82, 2.24) is 0 Å². The summed E-state index contributed by atoms with van der Waals surface area (Å²) in [4.78, 5) is 21.8. The van der Waals surface area contributed by atoms with Crippen LogP contribution in [0.5, 0.6) is 11.5 Å². The van der Waals surface area contributed by atoms with Gasteiger partial charge in [0.2, 0.25) is 0 Å². The Morgan fingerprint density at radius 1 is 0.933 bits per heavy atom. The lowest BCUT2D eigenvalue weighted by Gasteiger charge is -2.08. The van der Waals surface area contributed by atoms with Gasteiger partial charge in [0.25, 0.3) is 0 Å². The molecule has 0 heterocycles. The average molecular weight is 483 g/mol. The second-order valence-corrected chi connectivity index (χ2v) is 8.19. The summed E-state index contributed by atoms with van der Waals surface area (Å²) >= 11 is 10.2. The highest BCUT2D eigenvalue weighted by Gasteiger charge is 2.30. The van der Waals surface area contributed by atoms with E-state index in [2.05, 4.69) is 9.47 Å². The molecule has 0 saturated carbocycles. The van der Waals surface area contributed by atoms with E-state index >= 15 is 0 Å². The third-order valence-electron chi connectivity index (χ3n) is 3.47. The fourth-order valence-corrected chi connectivity index (χ4v) is 3.50. The molecule has 0 aromatic heterocycles. The minimum Gasteiger partial charge on any atom is -0.410 e. The minimum atomic E-state index is -4.52. The van der Waals surface area contributed by atoms with Crippen LogP contribution in [0.2, 0.25) is 0 Å². The Morgan fingerprint density at radius 3 is 2.03 bits per heavy atom. The quantitative estimate of drug-likeness (QED) is 0.486. The van der Waals surface area contributed by atoms with Gasteiger partial charge in [-0.2, -0.15) is 13.2 Å². The predicted molar refractivity (Wildman–Crippen MR) is 103 cm³/mol. The molecule has 0 spiro atoms. The highest BCUT2D eigenvalue weighted by atomic mass is 35.5. The maximum Gasteiger partial charge on any atom is 0.416 e. The molecule has 12 heteroatoms. The average Bonchev–Trinajstić information content (AvgIpc) is 2.60. The van der Waals surface area contributed by atoms with Crippen LogP contribution in [0.1, 0.15) is 16.7 Å². The van der Waals surface area contributed by atoms with Crippen molar-refractivity contribution in [2.45, 2.75) is 11.9 Å². The van der Waals surface area contributed by atoms with E-state index in [-0.39, 0.29) is 22.6 Å². The Labute approximate surface area is 178 Å². The second-order valence-electron chi connectivity index (χ2n) is 5.69. The molecule has 0 bridgehead atoms. The van der Waals surface area contributed by atoms with Crippen LogP contribution >= 0.6 is 23.2 Å². The number of rotatable bonds is 6. The van der Waals surface area contributed by atoms with Crippen LogP contribution in [0.3, 0.4) is 0 Å². The monoisotopic (exact) mass is 482 g/mol. The van der Waals surface area contributed by atoms with E-state index in [0.29, 0.717) is 0 Å². The Hall–Kier alpha value is -2.56. The van der Waals surface area contributed by atoms with Crippen molar-refractivity contribution in [3.8, 4) is 11.5 Å². The van der Waals surface area contributed by atoms with Crippen LogP contribution in [-0.4, -0.2) is 19.3 Å². The number of alkyl halides is 3. The van der Waals surface area contributed by atoms with Gasteiger partial charge in [0.1, 0.15) is 0 Å². The molecule has 0 atom stereocenters. The Kier molecular flexibility index (Phi) is 7.51. The summed E-state index contributed by atoms with van der Waals surface area (Å²) in [5.74, 6) is -1.05. The minimum absolute atomic E-state index is 0.161. The van der Waals surface area contributed by atoms with Crippen LogP contribution in [0.25, 0.3) is 6.08 Å². The Bertz CT molecular complexity index is 1080. The molecule has 2 rings (SSSR count). The zero-order valence-electron chi connectivity index (χ0n) is 14.7. The van der Waals surface area contributed by atoms with Gasteiger partial charge in [0.15, 0.2) is 21.3 Å². The van der Waals surface area contributed by atoms with Gasteiger partial charge in [0.05, 0.1) is 11.3 Å². The lowest BCUT2D eigenvalue weighted by atomic mass is 10.1. The summed E-state index contributed by atoms with van der Waals surface area (Å²) in [5.41, 5.74) is -2.94. The van der Waals surface area contributed by atoms with Crippen molar-refractivity contribution in [3.63, 3.8) is 0 Å². The van der Waals surface area contributed by atoms with E-state index in [1.165, 1.54) is 18.2 Å². The third kappa shape index (κ3) is 7.36. The van der Waals surface area contributed by atoms with Gasteiger partial charge in [-0.3, -0.25) is 0 Å². The molecule has 0 N–H and O–H groups in total. The summed E-state index contributed by atoms with van der Waals surface area (Å²) in [5, 5.41) is 0.833. The van der Waals surface area contributed by atoms with Crippen LogP contribution in [0, 0.1) is 0 Å². The van der Waals surface area contributed by atoms with E-state index in [1.54, 1.807) is 0 Å². The standard InChI is InChI=1S/C18H11Cl2F3O6S/c19-16(24)28-14-6-3-11(9-15(14)29-17(20)25)7-8-30(26,27)10-12-1-4-13(5-2-12)18(21,22)23/h1-9H,10H2/b8-7+. The fourth-order valence-electron chi connectivity index (χ4n) is 2.22. The number of carbonyl (C=O) groups excluding carboxylic acids is 2. The zero-order valence-corrected chi connectivity index (χ0v) is 17.0. The van der Waals surface area contributed by atoms with Gasteiger partial charge in [-0.15, -0.1) is 0 Å². The molecule has 0 aliphatic carbocycles. The molecular formula is C18H11Cl2F3O6S. The third-order valence-corrected chi connectivity index (χ3v) is 4.91. The number of halogens is 5. The molecule has 0 aliphatic rings. The van der Waals surface area contributed by atoms with Gasteiger partial charge in [0, 0.05) is 28.6 Å². The normalized spacial score (nSPS) is 12.0. The number of hydrogen-bond donors (Lipinski definition) is 0. The molecule has 0 saturated heterocycles. The maximum atomic E-state index is 12.6. The van der Waals surface area contributed by atoms with Crippen molar-refractivity contribution in [3.05, 3.63) is 64.6 Å². The molecular weight excluding hydrogens is 472 g/mol. The van der Waals surface area contributed by atoms with E-state index in [1.807, 2.05) is 0 Å². The van der Waals surface area contributed by atoms with E-state index in [9.17, 15) is 31.2 Å². The molecule has 6 nitrogen and oxygen atoms in total. The number of benzene rings is 2. The summed E-state index contributed by atoms with van der Waals surface area (Å²) in [6, 6.07) is 7.42. The molecule has 2 aromatic carbocycles. The van der Waals surface area contributed by atoms with Crippen LogP contribution in [0.4, 0.5) is 22.8 Å². The molecule has 2 aromatic rings. The van der Waals surface area contributed by atoms with Gasteiger partial charge >= 0.3 is 17.0 Å². The molecule has 0 amide bonds. The van der Waals surface area contributed by atoms with Gasteiger partial charge in [-0.05, 0) is 41.5 Å². The van der Waals surface area contributed by atoms with Gasteiger partial charge in [-0.1, -0.05) is 18.2 Å². The number of carbonyl (C=O) groups is 2. The molecule has 0 radical (unpaired) electrons. The van der Waals surface area contributed by atoms with Crippen molar-refractivity contribution in [2.75, 3.05) is 0 Å². The zero-order chi connectivity index (χ0) is 22.5. The highest BCUT2D eigenvalue weighted by molar-refractivity contribution is 7.93. The number of hydrogen-bond acceptors (Lipinski definition) is 6. The topological polar surface area (TPSA) is 86.7 Å². The van der Waals surface area contributed by atoms with E-state index in [4.69, 9.17) is 23.2 Å². The highest BCUT2D eigenvalue weighted by Crippen LogP contribution is 2.31. The smallest absolute Gasteiger partial charge is 0.410 e. The van der Waals surface area contributed by atoms with Crippen molar-refractivity contribution >= 4 is 50.0 Å². The predicted octanol–water partition coefficient (Wildman–Crippen LogP) is 5.77. The van der Waals surface area contributed by atoms with Gasteiger partial charge in [-0.25, -0.2) is 18.0 Å². The van der Waals surface area contributed by atoms with Crippen LogP contribution < -0.4 is 9.47 Å². The summed E-state index contributed by atoms with van der Waals surface area (Å²) in [6.45, 7) is 0. The van der Waals surface area contributed by atoms with Crippen LogP contribution in [0.15, 0.2) is 47.9 Å². The van der Waals surface area contributed by atoms with Crippen LogP contribution in [-0.2, 0) is 21.8 Å². The molecule has 160 valence electrons. The lowest BCUT2D eigenvalue weighted by molar-refractivity contribution is -0.137. The van der Waals surface area contributed by atoms with E-state index in [0.717, 1.165) is 35.7 Å². The summed E-state index contributed by atoms with van der Waals surface area (Å²) in [7, 11) is -3.85. The van der Waals surface area contributed by atoms with Crippen molar-refractivity contribution in [2.24, 2.45) is 0 Å². The maximum absolute atomic E-state index is 12.6. The van der Waals surface area contributed by atoms with Gasteiger partial charge < -0.3 is 9.47 Å². The van der Waals surface area contributed by atoms with E-state index < -0.39 is 38.2 Å². The first-order chi connectivity index (χ1) is 13.9. The summed E-state index contributed by atoms with van der Waals surface area (Å²) < 4.78 is 71.5. The van der Waals surface area contributed by atoms with Crippen molar-refractivity contribution < 1.29 is 40.7 Å². The SMILES string of the molecule is O=C(Cl)Oc1ccc(/C=C/S(=O)(=O)Cc2ccc(C(F)(F)F)cc2)cc1OC(=O)Cl. The number of ether oxygens (including phenoxy) is 2. The Morgan fingerprint density at radius 2 is 1.50 bits per heavy atom. The second kappa shape index (κ2) is 9.50. The first kappa shape index (κ1) is 23.7. The molecule has 0 unspecified atom stereocenters. The molecule has 0 aliphatic heterocycles. The Balaban J connectivity index is 2.20. The largest absolute Gasteiger partial charge is 0.416 e. The fraction of sp³-hybridized carbons (Fsp3) is 0.111. The molecule has 0 fully saturated rings. The summed E-state index contributed by atoms with van der Waals surface area (Å²) in [6.07, 6.45) is -3.37.